The number of hydrogen-bond acceptors (Lipinski definition) is 5. The Labute approximate surface area is 158 Å². The van der Waals surface area contributed by atoms with Gasteiger partial charge in [-0.2, -0.15) is 0 Å². The monoisotopic (exact) mass is 368 g/mol. The molecule has 2 amide bonds. The van der Waals surface area contributed by atoms with Crippen LogP contribution in [0.1, 0.15) is 36.7 Å². The number of nitrogens with zero attached hydrogens (tertiary/aromatic N) is 6. The Bertz CT molecular complexity index is 821. The number of hydrogen-bond donors (Lipinski definition) is 0. The normalized spacial score (nSPS) is 23.1. The van der Waals surface area contributed by atoms with E-state index < -0.39 is 0 Å². The molecule has 0 unspecified atom stereocenters. The van der Waals surface area contributed by atoms with Gasteiger partial charge in [0.05, 0.1) is 18.2 Å². The van der Waals surface area contributed by atoms with Gasteiger partial charge in [0.1, 0.15) is 12.2 Å². The molecule has 0 aromatic carbocycles. The summed E-state index contributed by atoms with van der Waals surface area (Å²) in [5, 5.41) is 8.16. The number of likely N-dealkylation sites (tertiary alicyclic amines) is 2. The summed E-state index contributed by atoms with van der Waals surface area (Å²) in [5.41, 5.74) is 0.847. The van der Waals surface area contributed by atoms with Gasteiger partial charge in [-0.05, 0) is 25.0 Å². The first kappa shape index (κ1) is 17.6. The lowest BCUT2D eigenvalue weighted by Crippen LogP contribution is -2.43. The van der Waals surface area contributed by atoms with Gasteiger partial charge in [0.25, 0.3) is 0 Å². The molecule has 2 aromatic rings. The first-order valence-electron chi connectivity index (χ1n) is 9.42. The number of aromatic nitrogens is 4. The van der Waals surface area contributed by atoms with Crippen LogP contribution >= 0.6 is 0 Å². The van der Waals surface area contributed by atoms with Crippen molar-refractivity contribution in [3.8, 4) is 0 Å². The molecule has 0 aliphatic carbocycles. The smallest absolute Gasteiger partial charge is 0.228 e. The van der Waals surface area contributed by atoms with Gasteiger partial charge in [-0.3, -0.25) is 14.6 Å². The Kier molecular flexibility index (Phi) is 4.87. The second-order valence-electron chi connectivity index (χ2n) is 7.42. The zero-order chi connectivity index (χ0) is 18.8. The fourth-order valence-electron chi connectivity index (χ4n) is 4.09. The van der Waals surface area contributed by atoms with Gasteiger partial charge < -0.3 is 14.4 Å². The molecular formula is C19H24N6O2. The molecule has 8 nitrogen and oxygen atoms in total. The Morgan fingerprint density at radius 1 is 1.30 bits per heavy atom. The van der Waals surface area contributed by atoms with Crippen molar-refractivity contribution in [2.45, 2.75) is 31.7 Å². The molecule has 4 rings (SSSR count). The zero-order valence-corrected chi connectivity index (χ0v) is 15.5. The first-order valence-corrected chi connectivity index (χ1v) is 9.42. The lowest BCUT2D eigenvalue weighted by Gasteiger charge is -2.33. The average molecular weight is 368 g/mol. The number of carbonyl (C=O) groups excluding carboxylic acids is 2. The van der Waals surface area contributed by atoms with Crippen LogP contribution in [0.15, 0.2) is 30.7 Å². The number of piperidine rings is 1. The molecule has 0 saturated carbocycles. The quantitative estimate of drug-likeness (QED) is 0.803. The van der Waals surface area contributed by atoms with E-state index in [4.69, 9.17) is 0 Å². The predicted octanol–water partition coefficient (Wildman–Crippen LogP) is 0.965. The molecule has 8 heteroatoms. The molecule has 2 aliphatic rings. The minimum absolute atomic E-state index is 0.0286. The minimum Gasteiger partial charge on any atom is -0.342 e. The summed E-state index contributed by atoms with van der Waals surface area (Å²) in [6, 6.07) is 5.66. The summed E-state index contributed by atoms with van der Waals surface area (Å²) >= 11 is 0. The van der Waals surface area contributed by atoms with Gasteiger partial charge in [0, 0.05) is 45.2 Å². The van der Waals surface area contributed by atoms with Gasteiger partial charge in [0.2, 0.25) is 11.8 Å². The third-order valence-corrected chi connectivity index (χ3v) is 5.49. The molecule has 2 fully saturated rings. The maximum absolute atomic E-state index is 13.0. The summed E-state index contributed by atoms with van der Waals surface area (Å²) in [5.74, 6) is 0.975. The van der Waals surface area contributed by atoms with Gasteiger partial charge in [-0.25, -0.2) is 0 Å². The van der Waals surface area contributed by atoms with Crippen molar-refractivity contribution in [2.24, 2.45) is 13.0 Å². The minimum atomic E-state index is -0.264. The highest BCUT2D eigenvalue weighted by molar-refractivity contribution is 5.89. The molecule has 2 aliphatic heterocycles. The summed E-state index contributed by atoms with van der Waals surface area (Å²) in [6.07, 6.45) is 5.66. The number of aryl methyl sites for hydroxylation is 1. The Morgan fingerprint density at radius 3 is 2.93 bits per heavy atom. The van der Waals surface area contributed by atoms with Crippen LogP contribution in [-0.2, 0) is 23.2 Å². The molecule has 2 saturated heterocycles. The largest absolute Gasteiger partial charge is 0.342 e. The molecule has 2 aromatic heterocycles. The van der Waals surface area contributed by atoms with Crippen molar-refractivity contribution in [1.82, 2.24) is 29.5 Å². The lowest BCUT2D eigenvalue weighted by atomic mass is 9.95. The van der Waals surface area contributed by atoms with Crippen LogP contribution in [0.4, 0.5) is 0 Å². The van der Waals surface area contributed by atoms with E-state index in [1.165, 1.54) is 0 Å². The van der Waals surface area contributed by atoms with E-state index in [1.54, 1.807) is 17.4 Å². The SMILES string of the molecule is Cn1cnnc1[C@@H]1CCCN(C(=O)[C@H]2CC(=O)N(Cc3ccccn3)C2)C1. The first-order chi connectivity index (χ1) is 13.1. The van der Waals surface area contributed by atoms with Crippen LogP contribution in [0.25, 0.3) is 0 Å². The highest BCUT2D eigenvalue weighted by Crippen LogP contribution is 2.28. The van der Waals surface area contributed by atoms with E-state index >= 15 is 0 Å². The summed E-state index contributed by atoms with van der Waals surface area (Å²) < 4.78 is 1.92. The Morgan fingerprint density at radius 2 is 2.19 bits per heavy atom. The van der Waals surface area contributed by atoms with Gasteiger partial charge in [0.15, 0.2) is 0 Å². The zero-order valence-electron chi connectivity index (χ0n) is 15.5. The van der Waals surface area contributed by atoms with Crippen LogP contribution in [-0.4, -0.2) is 61.0 Å². The van der Waals surface area contributed by atoms with E-state index in [9.17, 15) is 9.59 Å². The Hall–Kier alpha value is -2.77. The van der Waals surface area contributed by atoms with Crippen LogP contribution in [0.3, 0.4) is 0 Å². The highest BCUT2D eigenvalue weighted by atomic mass is 16.2. The topological polar surface area (TPSA) is 84.2 Å². The Balaban J connectivity index is 1.39. The van der Waals surface area contributed by atoms with Gasteiger partial charge >= 0.3 is 0 Å². The van der Waals surface area contributed by atoms with Crippen molar-refractivity contribution in [3.63, 3.8) is 0 Å². The van der Waals surface area contributed by atoms with Crippen LogP contribution in [0.2, 0.25) is 0 Å². The molecular weight excluding hydrogens is 344 g/mol. The van der Waals surface area contributed by atoms with Crippen LogP contribution in [0.5, 0.6) is 0 Å². The van der Waals surface area contributed by atoms with Crippen molar-refractivity contribution in [2.75, 3.05) is 19.6 Å². The fraction of sp³-hybridized carbons (Fsp3) is 0.526. The van der Waals surface area contributed by atoms with E-state index in [0.29, 0.717) is 19.6 Å². The third-order valence-electron chi connectivity index (χ3n) is 5.49. The van der Waals surface area contributed by atoms with Gasteiger partial charge in [-0.1, -0.05) is 6.07 Å². The van der Waals surface area contributed by atoms with Crippen molar-refractivity contribution in [3.05, 3.63) is 42.2 Å². The molecule has 4 heterocycles. The maximum Gasteiger partial charge on any atom is 0.228 e. The molecule has 0 N–H and O–H groups in total. The molecule has 27 heavy (non-hydrogen) atoms. The van der Waals surface area contributed by atoms with Gasteiger partial charge in [-0.15, -0.1) is 10.2 Å². The number of amides is 2. The summed E-state index contributed by atoms with van der Waals surface area (Å²) in [4.78, 5) is 33.3. The summed E-state index contributed by atoms with van der Waals surface area (Å²) in [7, 11) is 1.93. The molecule has 0 bridgehead atoms. The van der Waals surface area contributed by atoms with Crippen LogP contribution < -0.4 is 0 Å². The predicted molar refractivity (Wildman–Crippen MR) is 97.3 cm³/mol. The van der Waals surface area contributed by atoms with E-state index in [0.717, 1.165) is 30.9 Å². The fourth-order valence-corrected chi connectivity index (χ4v) is 4.09. The second kappa shape index (κ2) is 7.46. The number of rotatable bonds is 4. The number of pyridine rings is 1. The lowest BCUT2D eigenvalue weighted by molar-refractivity contribution is -0.137. The molecule has 142 valence electrons. The van der Waals surface area contributed by atoms with Crippen molar-refractivity contribution < 1.29 is 9.59 Å². The molecule has 0 spiro atoms. The standard InChI is InChI=1S/C19H24N6O2/c1-23-13-21-22-18(23)14-5-4-8-24(10-14)19(27)15-9-17(26)25(11-15)12-16-6-2-3-7-20-16/h2-3,6-7,13-15H,4-5,8-12H2,1H3/t14-,15+/m1/s1. The second-order valence-corrected chi connectivity index (χ2v) is 7.42. The highest BCUT2D eigenvalue weighted by Gasteiger charge is 2.38. The van der Waals surface area contributed by atoms with Crippen molar-refractivity contribution >= 4 is 11.8 Å². The molecule has 2 atom stereocenters. The summed E-state index contributed by atoms with van der Waals surface area (Å²) in [6.45, 7) is 2.33. The van der Waals surface area contributed by atoms with Crippen molar-refractivity contribution in [1.29, 1.82) is 0 Å². The average Bonchev–Trinajstić information content (AvgIpc) is 3.28. The third kappa shape index (κ3) is 3.70. The van der Waals surface area contributed by atoms with E-state index in [-0.39, 0.29) is 30.1 Å². The maximum atomic E-state index is 13.0. The van der Waals surface area contributed by atoms with E-state index in [2.05, 4.69) is 15.2 Å². The number of carbonyl (C=O) groups is 2. The van der Waals surface area contributed by atoms with E-state index in [1.807, 2.05) is 34.7 Å². The molecule has 0 radical (unpaired) electrons. The van der Waals surface area contributed by atoms with Crippen LogP contribution in [0, 0.1) is 5.92 Å².